The van der Waals surface area contributed by atoms with Crippen LogP contribution in [0.3, 0.4) is 0 Å². The van der Waals surface area contributed by atoms with Gasteiger partial charge in [-0.2, -0.15) is 4.68 Å². The van der Waals surface area contributed by atoms with E-state index in [1.165, 1.54) is 0 Å². The highest BCUT2D eigenvalue weighted by Gasteiger charge is 2.17. The Kier molecular flexibility index (Phi) is 5.14. The minimum atomic E-state index is -3.77. The van der Waals surface area contributed by atoms with Gasteiger partial charge in [-0.15, -0.1) is 0 Å². The number of hydrogen-bond donors (Lipinski definition) is 2. The van der Waals surface area contributed by atoms with Crippen molar-refractivity contribution < 1.29 is 13.2 Å². The summed E-state index contributed by atoms with van der Waals surface area (Å²) in [6, 6.07) is 3.34. The summed E-state index contributed by atoms with van der Waals surface area (Å²) >= 11 is 0. The third-order valence-corrected chi connectivity index (χ3v) is 4.14. The molecule has 1 heterocycles. The van der Waals surface area contributed by atoms with Crippen LogP contribution in [-0.2, 0) is 14.8 Å². The summed E-state index contributed by atoms with van der Waals surface area (Å²) < 4.78 is 28.9. The molecule has 9 heteroatoms. The summed E-state index contributed by atoms with van der Waals surface area (Å²) in [7, 11) is -3.77. The second kappa shape index (κ2) is 6.78. The van der Waals surface area contributed by atoms with E-state index in [0.717, 1.165) is 23.8 Å². The van der Waals surface area contributed by atoms with Crippen LogP contribution in [0.2, 0.25) is 0 Å². The number of rotatable bonds is 6. The zero-order valence-electron chi connectivity index (χ0n) is 14.0. The standard InChI is InChI=1S/C15H21N3O5S/c1-5-13(23-6-2)10-8-11-12(7-9(10)3)16-15(20)18(14(11)19)17-24(4,21)22/h7-8,13,17H,5-6H2,1-4H3,(H,16,20). The van der Waals surface area contributed by atoms with Crippen LogP contribution >= 0.6 is 0 Å². The Bertz CT molecular complexity index is 975. The Morgan fingerprint density at radius 1 is 1.29 bits per heavy atom. The number of H-pyrrole nitrogens is 1. The van der Waals surface area contributed by atoms with E-state index < -0.39 is 21.3 Å². The van der Waals surface area contributed by atoms with Gasteiger partial charge in [-0.1, -0.05) is 6.92 Å². The van der Waals surface area contributed by atoms with Crippen molar-refractivity contribution in [2.75, 3.05) is 17.7 Å². The summed E-state index contributed by atoms with van der Waals surface area (Å²) in [5.74, 6) is 0. The van der Waals surface area contributed by atoms with E-state index in [2.05, 4.69) is 4.98 Å². The number of aryl methyl sites for hydroxylation is 1. The predicted molar refractivity (Wildman–Crippen MR) is 92.4 cm³/mol. The molecular weight excluding hydrogens is 334 g/mol. The summed E-state index contributed by atoms with van der Waals surface area (Å²) in [5.41, 5.74) is 0.492. The van der Waals surface area contributed by atoms with E-state index in [4.69, 9.17) is 4.74 Å². The van der Waals surface area contributed by atoms with Gasteiger partial charge in [-0.25, -0.2) is 18.0 Å². The van der Waals surface area contributed by atoms with Crippen LogP contribution in [0.1, 0.15) is 37.5 Å². The van der Waals surface area contributed by atoms with E-state index in [1.54, 1.807) is 12.1 Å². The SMILES string of the molecule is CCOC(CC)c1cc2c(=O)n(NS(C)(=O)=O)c(=O)[nH]c2cc1C. The van der Waals surface area contributed by atoms with Gasteiger partial charge in [0.2, 0.25) is 10.0 Å². The Morgan fingerprint density at radius 3 is 2.50 bits per heavy atom. The van der Waals surface area contributed by atoms with Crippen LogP contribution in [0, 0.1) is 6.92 Å². The minimum Gasteiger partial charge on any atom is -0.374 e. The molecule has 0 fully saturated rings. The third-order valence-electron chi connectivity index (χ3n) is 3.63. The molecule has 0 aliphatic heterocycles. The number of fused-ring (bicyclic) bond motifs is 1. The first-order chi connectivity index (χ1) is 11.2. The summed E-state index contributed by atoms with van der Waals surface area (Å²) in [6.45, 7) is 6.26. The van der Waals surface area contributed by atoms with Crippen molar-refractivity contribution in [3.05, 3.63) is 44.1 Å². The van der Waals surface area contributed by atoms with Gasteiger partial charge in [-0.05, 0) is 43.5 Å². The molecule has 1 aromatic heterocycles. The van der Waals surface area contributed by atoms with Gasteiger partial charge in [0.25, 0.3) is 5.56 Å². The molecule has 0 bridgehead atoms. The Balaban J connectivity index is 2.74. The highest BCUT2D eigenvalue weighted by Crippen LogP contribution is 2.26. The monoisotopic (exact) mass is 355 g/mol. The number of benzene rings is 1. The Hall–Kier alpha value is -2.13. The summed E-state index contributed by atoms with van der Waals surface area (Å²) in [5, 5.41) is 0.213. The van der Waals surface area contributed by atoms with Crippen LogP contribution < -0.4 is 16.1 Å². The number of hydrogen-bond acceptors (Lipinski definition) is 5. The van der Waals surface area contributed by atoms with Gasteiger partial charge >= 0.3 is 5.69 Å². The molecule has 1 atom stereocenters. The predicted octanol–water partition coefficient (Wildman–Crippen LogP) is 0.989. The van der Waals surface area contributed by atoms with Crippen LogP contribution in [0.15, 0.2) is 21.7 Å². The van der Waals surface area contributed by atoms with Crippen molar-refractivity contribution in [2.24, 2.45) is 0 Å². The molecule has 0 aliphatic rings. The average Bonchev–Trinajstić information content (AvgIpc) is 2.48. The van der Waals surface area contributed by atoms with Crippen molar-refractivity contribution in [1.82, 2.24) is 9.66 Å². The molecule has 0 saturated heterocycles. The van der Waals surface area contributed by atoms with Crippen LogP contribution in [0.25, 0.3) is 10.9 Å². The molecule has 0 saturated carbocycles. The number of sulfonamides is 1. The minimum absolute atomic E-state index is 0.179. The van der Waals surface area contributed by atoms with Gasteiger partial charge in [-0.3, -0.25) is 4.79 Å². The van der Waals surface area contributed by atoms with E-state index in [9.17, 15) is 18.0 Å². The third kappa shape index (κ3) is 3.68. The summed E-state index contributed by atoms with van der Waals surface area (Å²) in [4.78, 5) is 28.9. The lowest BCUT2D eigenvalue weighted by Gasteiger charge is -2.18. The lowest BCUT2D eigenvalue weighted by atomic mass is 9.99. The van der Waals surface area contributed by atoms with Crippen LogP contribution in [0.4, 0.5) is 0 Å². The fourth-order valence-corrected chi connectivity index (χ4v) is 3.11. The van der Waals surface area contributed by atoms with E-state index in [0.29, 0.717) is 16.8 Å². The zero-order valence-corrected chi connectivity index (χ0v) is 14.9. The number of ether oxygens (including phenoxy) is 1. The maximum atomic E-state index is 12.5. The van der Waals surface area contributed by atoms with Gasteiger partial charge in [0.15, 0.2) is 0 Å². The highest BCUT2D eigenvalue weighted by molar-refractivity contribution is 7.91. The van der Waals surface area contributed by atoms with Gasteiger partial charge < -0.3 is 9.72 Å². The molecular formula is C15H21N3O5S. The second-order valence-electron chi connectivity index (χ2n) is 5.54. The Morgan fingerprint density at radius 2 is 1.96 bits per heavy atom. The normalized spacial score (nSPS) is 13.2. The smallest absolute Gasteiger partial charge is 0.348 e. The molecule has 2 aromatic rings. The van der Waals surface area contributed by atoms with Crippen molar-refractivity contribution in [3.63, 3.8) is 0 Å². The van der Waals surface area contributed by atoms with Crippen LogP contribution in [0.5, 0.6) is 0 Å². The molecule has 132 valence electrons. The fourth-order valence-electron chi connectivity index (χ4n) is 2.61. The fraction of sp³-hybridized carbons (Fsp3) is 0.467. The molecule has 0 radical (unpaired) electrons. The average molecular weight is 355 g/mol. The number of nitrogens with one attached hydrogen (secondary N) is 2. The van der Waals surface area contributed by atoms with E-state index in [-0.39, 0.29) is 11.5 Å². The molecule has 2 N–H and O–H groups in total. The van der Waals surface area contributed by atoms with Crippen molar-refractivity contribution in [3.8, 4) is 0 Å². The maximum absolute atomic E-state index is 12.5. The number of nitrogens with zero attached hydrogens (tertiary/aromatic N) is 1. The highest BCUT2D eigenvalue weighted by atomic mass is 32.2. The molecule has 24 heavy (non-hydrogen) atoms. The lowest BCUT2D eigenvalue weighted by molar-refractivity contribution is 0.0595. The topological polar surface area (TPSA) is 110 Å². The van der Waals surface area contributed by atoms with Crippen molar-refractivity contribution >= 4 is 20.9 Å². The first-order valence-electron chi connectivity index (χ1n) is 7.56. The molecule has 2 rings (SSSR count). The summed E-state index contributed by atoms with van der Waals surface area (Å²) in [6.07, 6.45) is 1.41. The number of aromatic amines is 1. The first-order valence-corrected chi connectivity index (χ1v) is 9.46. The van der Waals surface area contributed by atoms with Crippen LogP contribution in [-0.4, -0.2) is 30.9 Å². The molecule has 0 amide bonds. The van der Waals surface area contributed by atoms with E-state index in [1.807, 2.05) is 25.6 Å². The van der Waals surface area contributed by atoms with Crippen molar-refractivity contribution in [1.29, 1.82) is 0 Å². The maximum Gasteiger partial charge on any atom is 0.348 e. The van der Waals surface area contributed by atoms with Gasteiger partial charge in [0, 0.05) is 6.61 Å². The zero-order chi connectivity index (χ0) is 18.1. The van der Waals surface area contributed by atoms with Crippen molar-refractivity contribution in [2.45, 2.75) is 33.3 Å². The molecule has 1 aromatic carbocycles. The molecule has 8 nitrogen and oxygen atoms in total. The molecule has 0 aliphatic carbocycles. The van der Waals surface area contributed by atoms with Gasteiger partial charge in [0.05, 0.1) is 23.3 Å². The lowest BCUT2D eigenvalue weighted by Crippen LogP contribution is -2.43. The largest absolute Gasteiger partial charge is 0.374 e. The molecule has 0 spiro atoms. The quantitative estimate of drug-likeness (QED) is 0.803. The number of aromatic nitrogens is 2. The van der Waals surface area contributed by atoms with E-state index >= 15 is 0 Å². The van der Waals surface area contributed by atoms with Gasteiger partial charge in [0.1, 0.15) is 0 Å². The Labute approximate surface area is 139 Å². The first kappa shape index (κ1) is 18.2. The second-order valence-corrected chi connectivity index (χ2v) is 7.27. The molecule has 1 unspecified atom stereocenters.